The molecule has 1 aromatic heterocycles. The first-order chi connectivity index (χ1) is 10.5. The van der Waals surface area contributed by atoms with Crippen LogP contribution in [0.25, 0.3) is 0 Å². The molecule has 3 rings (SSSR count). The molecule has 120 valence electrons. The molecule has 22 heavy (non-hydrogen) atoms. The molecule has 0 unspecified atom stereocenters. The van der Waals surface area contributed by atoms with Crippen LogP contribution in [0.4, 0.5) is 0 Å². The molecule has 2 saturated heterocycles. The van der Waals surface area contributed by atoms with Crippen LogP contribution < -0.4 is 5.32 Å². The van der Waals surface area contributed by atoms with Crippen LogP contribution in [0.3, 0.4) is 0 Å². The molecule has 7 nitrogen and oxygen atoms in total. The van der Waals surface area contributed by atoms with Gasteiger partial charge in [-0.25, -0.2) is 0 Å². The van der Waals surface area contributed by atoms with E-state index in [9.17, 15) is 9.59 Å². The van der Waals surface area contributed by atoms with Gasteiger partial charge in [0.1, 0.15) is 12.4 Å². The molecule has 0 saturated carbocycles. The average molecular weight is 307 g/mol. The molecule has 0 spiro atoms. The van der Waals surface area contributed by atoms with Crippen LogP contribution >= 0.6 is 0 Å². The molecule has 1 aromatic rings. The van der Waals surface area contributed by atoms with E-state index in [0.717, 1.165) is 23.4 Å². The van der Waals surface area contributed by atoms with Gasteiger partial charge in [0, 0.05) is 25.1 Å². The highest BCUT2D eigenvalue weighted by Gasteiger charge is 2.36. The fourth-order valence-electron chi connectivity index (χ4n) is 3.18. The second-order valence-electron chi connectivity index (χ2n) is 5.95. The van der Waals surface area contributed by atoms with Crippen molar-refractivity contribution >= 4 is 11.8 Å². The molecule has 2 aliphatic rings. The first-order valence-corrected chi connectivity index (χ1v) is 7.65. The zero-order valence-electron chi connectivity index (χ0n) is 12.9. The number of nitrogens with one attached hydrogen (secondary N) is 1. The van der Waals surface area contributed by atoms with Crippen molar-refractivity contribution in [3.05, 3.63) is 17.0 Å². The number of aromatic nitrogens is 1. The van der Waals surface area contributed by atoms with E-state index in [4.69, 9.17) is 9.26 Å². The summed E-state index contributed by atoms with van der Waals surface area (Å²) < 4.78 is 10.6. The third-order valence-corrected chi connectivity index (χ3v) is 4.45. The van der Waals surface area contributed by atoms with Gasteiger partial charge in [-0.05, 0) is 26.7 Å². The van der Waals surface area contributed by atoms with Gasteiger partial charge in [0.25, 0.3) is 0 Å². The molecular formula is C15H21N3O4. The number of piperidine rings is 1. The number of ether oxygens (including phenoxy) is 1. The molecule has 0 radical (unpaired) electrons. The van der Waals surface area contributed by atoms with Crippen molar-refractivity contribution < 1.29 is 18.8 Å². The van der Waals surface area contributed by atoms with Crippen LogP contribution in [-0.2, 0) is 20.7 Å². The second kappa shape index (κ2) is 6.08. The summed E-state index contributed by atoms with van der Waals surface area (Å²) in [5.74, 6) is 0.765. The monoisotopic (exact) mass is 307 g/mol. The number of hydrogen-bond donors (Lipinski definition) is 1. The molecule has 2 fully saturated rings. The Balaban J connectivity index is 1.55. The van der Waals surface area contributed by atoms with E-state index in [0.29, 0.717) is 25.9 Å². The van der Waals surface area contributed by atoms with Gasteiger partial charge in [0.15, 0.2) is 0 Å². The Morgan fingerprint density at radius 1 is 1.45 bits per heavy atom. The van der Waals surface area contributed by atoms with Gasteiger partial charge in [-0.2, -0.15) is 0 Å². The largest absolute Gasteiger partial charge is 0.366 e. The van der Waals surface area contributed by atoms with Crippen molar-refractivity contribution in [2.24, 2.45) is 0 Å². The number of carbonyl (C=O) groups is 2. The number of carbonyl (C=O) groups excluding carboxylic acids is 2. The number of morpholine rings is 1. The smallest absolute Gasteiger partial charge is 0.246 e. The highest BCUT2D eigenvalue weighted by molar-refractivity contribution is 5.79. The highest BCUT2D eigenvalue weighted by atomic mass is 16.5. The zero-order chi connectivity index (χ0) is 15.7. The summed E-state index contributed by atoms with van der Waals surface area (Å²) in [4.78, 5) is 25.6. The molecular weight excluding hydrogens is 286 g/mol. The maximum atomic E-state index is 12.4. The minimum absolute atomic E-state index is 0.0318. The molecule has 2 aliphatic heterocycles. The van der Waals surface area contributed by atoms with Crippen molar-refractivity contribution in [2.75, 3.05) is 19.7 Å². The third kappa shape index (κ3) is 2.99. The number of fused-ring (bicyclic) bond motifs is 1. The molecule has 2 atom stereocenters. The lowest BCUT2D eigenvalue weighted by molar-refractivity contribution is -0.146. The van der Waals surface area contributed by atoms with Gasteiger partial charge in [-0.15, -0.1) is 0 Å². The standard InChI is InChI=1S/C15H21N3O4/c1-9-11(10(2)22-17-9)3-4-15(20)18-6-5-13-12(7-18)16-14(19)8-21-13/h12-13H,3-8H2,1-2H3,(H,16,19)/t12-,13+/m0/s1. The minimum atomic E-state index is -0.105. The van der Waals surface area contributed by atoms with Gasteiger partial charge < -0.3 is 19.5 Å². The number of amides is 2. The fourth-order valence-corrected chi connectivity index (χ4v) is 3.18. The Kier molecular flexibility index (Phi) is 4.15. The number of rotatable bonds is 3. The molecule has 3 heterocycles. The van der Waals surface area contributed by atoms with Gasteiger partial charge in [0.05, 0.1) is 17.8 Å². The molecule has 0 aromatic carbocycles. The van der Waals surface area contributed by atoms with Gasteiger partial charge in [-0.1, -0.05) is 5.16 Å². The summed E-state index contributed by atoms with van der Waals surface area (Å²) in [7, 11) is 0. The maximum Gasteiger partial charge on any atom is 0.246 e. The summed E-state index contributed by atoms with van der Waals surface area (Å²) in [6, 6.07) is -0.0852. The topological polar surface area (TPSA) is 84.7 Å². The molecule has 1 N–H and O–H groups in total. The number of nitrogens with zero attached hydrogens (tertiary/aromatic N) is 2. The lowest BCUT2D eigenvalue weighted by Gasteiger charge is -2.41. The Morgan fingerprint density at radius 3 is 3.00 bits per heavy atom. The number of aryl methyl sites for hydroxylation is 2. The Hall–Kier alpha value is -1.89. The predicted molar refractivity (Wildman–Crippen MR) is 77.2 cm³/mol. The van der Waals surface area contributed by atoms with E-state index >= 15 is 0 Å². The predicted octanol–water partition coefficient (Wildman–Crippen LogP) is 0.340. The van der Waals surface area contributed by atoms with Gasteiger partial charge in [0.2, 0.25) is 11.8 Å². The normalized spacial score (nSPS) is 24.8. The van der Waals surface area contributed by atoms with E-state index < -0.39 is 0 Å². The lowest BCUT2D eigenvalue weighted by atomic mass is 9.99. The van der Waals surface area contributed by atoms with Crippen LogP contribution in [0.15, 0.2) is 4.52 Å². The van der Waals surface area contributed by atoms with E-state index in [1.807, 2.05) is 18.7 Å². The summed E-state index contributed by atoms with van der Waals surface area (Å²) in [6.07, 6.45) is 1.86. The van der Waals surface area contributed by atoms with Crippen LogP contribution in [0.5, 0.6) is 0 Å². The average Bonchev–Trinajstić information content (AvgIpc) is 2.83. The quantitative estimate of drug-likeness (QED) is 0.870. The van der Waals surface area contributed by atoms with Gasteiger partial charge in [-0.3, -0.25) is 9.59 Å². The molecule has 0 bridgehead atoms. The molecule has 0 aliphatic carbocycles. The van der Waals surface area contributed by atoms with Crippen LogP contribution in [0, 0.1) is 13.8 Å². The van der Waals surface area contributed by atoms with Crippen molar-refractivity contribution in [1.82, 2.24) is 15.4 Å². The minimum Gasteiger partial charge on any atom is -0.366 e. The lowest BCUT2D eigenvalue weighted by Crippen LogP contribution is -2.61. The number of hydrogen-bond acceptors (Lipinski definition) is 5. The molecule has 2 amide bonds. The van der Waals surface area contributed by atoms with Crippen LogP contribution in [-0.4, -0.2) is 53.7 Å². The number of likely N-dealkylation sites (tertiary alicyclic amines) is 1. The van der Waals surface area contributed by atoms with Gasteiger partial charge >= 0.3 is 0 Å². The Bertz CT molecular complexity index is 564. The van der Waals surface area contributed by atoms with Crippen LogP contribution in [0.2, 0.25) is 0 Å². The van der Waals surface area contributed by atoms with Crippen molar-refractivity contribution in [2.45, 2.75) is 45.3 Å². The third-order valence-electron chi connectivity index (χ3n) is 4.45. The summed E-state index contributed by atoms with van der Waals surface area (Å²) in [5, 5.41) is 6.81. The fraction of sp³-hybridized carbons (Fsp3) is 0.667. The van der Waals surface area contributed by atoms with Crippen molar-refractivity contribution in [1.29, 1.82) is 0 Å². The first-order valence-electron chi connectivity index (χ1n) is 7.65. The maximum absolute atomic E-state index is 12.4. The van der Waals surface area contributed by atoms with Crippen LogP contribution in [0.1, 0.15) is 29.9 Å². The van der Waals surface area contributed by atoms with E-state index in [1.165, 1.54) is 0 Å². The van der Waals surface area contributed by atoms with E-state index in [2.05, 4.69) is 10.5 Å². The summed E-state index contributed by atoms with van der Waals surface area (Å²) in [5.41, 5.74) is 1.86. The second-order valence-corrected chi connectivity index (χ2v) is 5.95. The Morgan fingerprint density at radius 2 is 2.27 bits per heavy atom. The molecule has 7 heteroatoms. The highest BCUT2D eigenvalue weighted by Crippen LogP contribution is 2.20. The van der Waals surface area contributed by atoms with Crippen molar-refractivity contribution in [3.8, 4) is 0 Å². The zero-order valence-corrected chi connectivity index (χ0v) is 12.9. The van der Waals surface area contributed by atoms with E-state index in [-0.39, 0.29) is 30.6 Å². The SMILES string of the molecule is Cc1noc(C)c1CCC(=O)N1CC[C@H]2OCC(=O)N[C@H]2C1. The van der Waals surface area contributed by atoms with E-state index in [1.54, 1.807) is 0 Å². The first kappa shape index (κ1) is 15.0. The van der Waals surface area contributed by atoms with Crippen molar-refractivity contribution in [3.63, 3.8) is 0 Å². The Labute approximate surface area is 129 Å². The summed E-state index contributed by atoms with van der Waals surface area (Å²) >= 11 is 0. The summed E-state index contributed by atoms with van der Waals surface area (Å²) in [6.45, 7) is 5.08.